The summed E-state index contributed by atoms with van der Waals surface area (Å²) in [6.45, 7) is 1.18. The number of amides is 2. The molecule has 24 heavy (non-hydrogen) atoms. The second-order valence-electron chi connectivity index (χ2n) is 6.12. The summed E-state index contributed by atoms with van der Waals surface area (Å²) < 4.78 is 0. The number of benzene rings is 2. The van der Waals surface area contributed by atoms with Crippen molar-refractivity contribution in [1.82, 2.24) is 10.2 Å². The zero-order valence-electron chi connectivity index (χ0n) is 13.8. The van der Waals surface area contributed by atoms with Crippen LogP contribution < -0.4 is 5.32 Å². The van der Waals surface area contributed by atoms with Crippen molar-refractivity contribution in [2.24, 2.45) is 0 Å². The van der Waals surface area contributed by atoms with E-state index >= 15 is 0 Å². The first-order valence-corrected chi connectivity index (χ1v) is 9.59. The number of hydrogen-bond donors (Lipinski definition) is 1. The first kappa shape index (κ1) is 16.8. The van der Waals surface area contributed by atoms with E-state index in [1.54, 1.807) is 11.8 Å². The van der Waals surface area contributed by atoms with Gasteiger partial charge >= 0.3 is 0 Å². The van der Waals surface area contributed by atoms with Crippen molar-refractivity contribution >= 4 is 34.3 Å². The predicted molar refractivity (Wildman–Crippen MR) is 98.9 cm³/mol. The Bertz CT molecular complexity index is 742. The van der Waals surface area contributed by atoms with Gasteiger partial charge in [-0.3, -0.25) is 9.59 Å². The van der Waals surface area contributed by atoms with Crippen molar-refractivity contribution in [2.45, 2.75) is 25.4 Å². The van der Waals surface area contributed by atoms with Crippen LogP contribution in [0.15, 0.2) is 42.5 Å². The molecule has 1 aliphatic rings. The normalized spacial score (nSPS) is 17.5. The van der Waals surface area contributed by atoms with Crippen LogP contribution >= 0.6 is 11.8 Å². The van der Waals surface area contributed by atoms with Crippen LogP contribution in [-0.4, -0.2) is 41.3 Å². The summed E-state index contributed by atoms with van der Waals surface area (Å²) in [6, 6.07) is 14.3. The Kier molecular flexibility index (Phi) is 5.41. The average molecular weight is 342 g/mol. The third kappa shape index (κ3) is 3.90. The van der Waals surface area contributed by atoms with Gasteiger partial charge in [0.05, 0.1) is 6.04 Å². The molecule has 0 bridgehead atoms. The van der Waals surface area contributed by atoms with Gasteiger partial charge in [-0.25, -0.2) is 0 Å². The van der Waals surface area contributed by atoms with Crippen LogP contribution in [0.2, 0.25) is 0 Å². The van der Waals surface area contributed by atoms with Gasteiger partial charge in [-0.1, -0.05) is 42.5 Å². The van der Waals surface area contributed by atoms with Crippen molar-refractivity contribution in [3.8, 4) is 0 Å². The van der Waals surface area contributed by atoms with Gasteiger partial charge in [0.1, 0.15) is 0 Å². The molecule has 0 spiro atoms. The van der Waals surface area contributed by atoms with Crippen molar-refractivity contribution in [3.05, 3.63) is 48.0 Å². The minimum atomic E-state index is -0.0677. The van der Waals surface area contributed by atoms with Crippen LogP contribution in [0.25, 0.3) is 10.8 Å². The van der Waals surface area contributed by atoms with Gasteiger partial charge in [0.15, 0.2) is 0 Å². The molecule has 0 unspecified atom stereocenters. The molecule has 3 rings (SSSR count). The molecule has 1 heterocycles. The van der Waals surface area contributed by atoms with E-state index < -0.39 is 0 Å². The van der Waals surface area contributed by atoms with E-state index in [2.05, 4.69) is 29.6 Å². The highest BCUT2D eigenvalue weighted by Gasteiger charge is 2.30. The Morgan fingerprint density at radius 3 is 2.88 bits per heavy atom. The van der Waals surface area contributed by atoms with Crippen molar-refractivity contribution in [2.75, 3.05) is 18.6 Å². The van der Waals surface area contributed by atoms with E-state index in [0.717, 1.165) is 11.3 Å². The Morgan fingerprint density at radius 1 is 1.25 bits per heavy atom. The topological polar surface area (TPSA) is 49.4 Å². The average Bonchev–Trinajstić information content (AvgIpc) is 2.92. The molecule has 0 aromatic heterocycles. The molecule has 1 N–H and O–H groups in total. The number of fused-ring (bicyclic) bond motifs is 1. The van der Waals surface area contributed by atoms with Crippen LogP contribution in [0.4, 0.5) is 0 Å². The SMILES string of the molecule is CSCCC(=O)N[C@@H]1CC(=O)N(Cc2cccc3ccccc23)C1. The maximum absolute atomic E-state index is 12.3. The molecule has 1 aliphatic heterocycles. The zero-order chi connectivity index (χ0) is 16.9. The fourth-order valence-electron chi connectivity index (χ4n) is 3.15. The molecule has 1 atom stereocenters. The van der Waals surface area contributed by atoms with Crippen LogP contribution in [-0.2, 0) is 16.1 Å². The first-order valence-electron chi connectivity index (χ1n) is 8.20. The van der Waals surface area contributed by atoms with Gasteiger partial charge in [-0.2, -0.15) is 11.8 Å². The number of hydrogen-bond acceptors (Lipinski definition) is 3. The lowest BCUT2D eigenvalue weighted by atomic mass is 10.0. The fraction of sp³-hybridized carbons (Fsp3) is 0.368. The smallest absolute Gasteiger partial charge is 0.225 e. The molecule has 1 fully saturated rings. The molecule has 0 saturated carbocycles. The summed E-state index contributed by atoms with van der Waals surface area (Å²) in [4.78, 5) is 26.0. The Labute approximate surface area is 146 Å². The molecule has 0 radical (unpaired) electrons. The second-order valence-corrected chi connectivity index (χ2v) is 7.11. The number of thioether (sulfide) groups is 1. The largest absolute Gasteiger partial charge is 0.351 e. The number of likely N-dealkylation sites (tertiary alicyclic amines) is 1. The maximum atomic E-state index is 12.3. The predicted octanol–water partition coefficient (Wildman–Crippen LogP) is 2.81. The molecule has 5 heteroatoms. The van der Waals surface area contributed by atoms with Gasteiger partial charge in [-0.15, -0.1) is 0 Å². The van der Waals surface area contributed by atoms with Gasteiger partial charge in [0, 0.05) is 31.7 Å². The molecule has 4 nitrogen and oxygen atoms in total. The van der Waals surface area contributed by atoms with Crippen LogP contribution in [0.5, 0.6) is 0 Å². The van der Waals surface area contributed by atoms with E-state index in [0.29, 0.717) is 25.9 Å². The highest BCUT2D eigenvalue weighted by Crippen LogP contribution is 2.22. The maximum Gasteiger partial charge on any atom is 0.225 e. The zero-order valence-corrected chi connectivity index (χ0v) is 14.6. The molecule has 2 aromatic carbocycles. The summed E-state index contributed by atoms with van der Waals surface area (Å²) in [6.07, 6.45) is 2.89. The summed E-state index contributed by atoms with van der Waals surface area (Å²) in [5.74, 6) is 0.957. The van der Waals surface area contributed by atoms with E-state index in [-0.39, 0.29) is 17.9 Å². The lowest BCUT2D eigenvalue weighted by Gasteiger charge is -2.18. The van der Waals surface area contributed by atoms with Gasteiger partial charge in [0.25, 0.3) is 0 Å². The summed E-state index contributed by atoms with van der Waals surface area (Å²) >= 11 is 1.65. The molecule has 0 aliphatic carbocycles. The minimum absolute atomic E-state index is 0.0363. The minimum Gasteiger partial charge on any atom is -0.351 e. The summed E-state index contributed by atoms with van der Waals surface area (Å²) in [5.41, 5.74) is 1.15. The van der Waals surface area contributed by atoms with Crippen LogP contribution in [0.1, 0.15) is 18.4 Å². The summed E-state index contributed by atoms with van der Waals surface area (Å²) in [7, 11) is 0. The van der Waals surface area contributed by atoms with Gasteiger partial charge < -0.3 is 10.2 Å². The lowest BCUT2D eigenvalue weighted by molar-refractivity contribution is -0.128. The van der Waals surface area contributed by atoms with Crippen molar-refractivity contribution in [3.63, 3.8) is 0 Å². The fourth-order valence-corrected chi connectivity index (χ4v) is 3.54. The molecular formula is C19H22N2O2S. The lowest BCUT2D eigenvalue weighted by Crippen LogP contribution is -2.37. The van der Waals surface area contributed by atoms with Crippen LogP contribution in [0, 0.1) is 0 Å². The quantitative estimate of drug-likeness (QED) is 0.878. The Morgan fingerprint density at radius 2 is 2.04 bits per heavy atom. The third-order valence-corrected chi connectivity index (χ3v) is 4.97. The van der Waals surface area contributed by atoms with Crippen LogP contribution in [0.3, 0.4) is 0 Å². The molecule has 2 aromatic rings. The Hall–Kier alpha value is -2.01. The van der Waals surface area contributed by atoms with E-state index in [4.69, 9.17) is 0 Å². The number of nitrogens with zero attached hydrogens (tertiary/aromatic N) is 1. The van der Waals surface area contributed by atoms with Gasteiger partial charge in [0.2, 0.25) is 11.8 Å². The van der Waals surface area contributed by atoms with Crippen molar-refractivity contribution < 1.29 is 9.59 Å². The summed E-state index contributed by atoms with van der Waals surface area (Å²) in [5, 5.41) is 5.35. The monoisotopic (exact) mass is 342 g/mol. The van der Waals surface area contributed by atoms with E-state index in [1.807, 2.05) is 29.4 Å². The Balaban J connectivity index is 1.65. The highest BCUT2D eigenvalue weighted by atomic mass is 32.2. The standard InChI is InChI=1S/C19H22N2O2S/c1-24-10-9-18(22)20-16-11-19(23)21(13-16)12-15-7-4-6-14-5-2-3-8-17(14)15/h2-8,16H,9-13H2,1H3,(H,20,22)/t16-/m1/s1. The van der Waals surface area contributed by atoms with Gasteiger partial charge in [-0.05, 0) is 22.6 Å². The van der Waals surface area contributed by atoms with Crippen molar-refractivity contribution in [1.29, 1.82) is 0 Å². The number of carbonyl (C=O) groups is 2. The van der Waals surface area contributed by atoms with E-state index in [9.17, 15) is 9.59 Å². The molecule has 1 saturated heterocycles. The number of nitrogens with one attached hydrogen (secondary N) is 1. The molecular weight excluding hydrogens is 320 g/mol. The number of carbonyl (C=O) groups excluding carboxylic acids is 2. The second kappa shape index (κ2) is 7.71. The molecule has 2 amide bonds. The van der Waals surface area contributed by atoms with E-state index in [1.165, 1.54) is 10.8 Å². The third-order valence-electron chi connectivity index (χ3n) is 4.35. The highest BCUT2D eigenvalue weighted by molar-refractivity contribution is 7.98. The molecule has 126 valence electrons. The first-order chi connectivity index (χ1) is 11.7. The number of rotatable bonds is 6.